The van der Waals surface area contributed by atoms with Crippen LogP contribution in [0.2, 0.25) is 0 Å². The van der Waals surface area contributed by atoms with Crippen LogP contribution in [0, 0.1) is 16.7 Å². The molecule has 5 nitrogen and oxygen atoms in total. The molecule has 1 aromatic rings. The topological polar surface area (TPSA) is 66.2 Å². The molecule has 1 aliphatic rings. The van der Waals surface area contributed by atoms with E-state index in [0.29, 0.717) is 11.3 Å². The smallest absolute Gasteiger partial charge is 0.272 e. The number of nitriles is 1. The van der Waals surface area contributed by atoms with Gasteiger partial charge in [-0.15, -0.1) is 0 Å². The van der Waals surface area contributed by atoms with Crippen molar-refractivity contribution in [1.29, 1.82) is 5.26 Å². The highest BCUT2D eigenvalue weighted by Gasteiger charge is 2.52. The van der Waals surface area contributed by atoms with E-state index < -0.39 is 0 Å². The quantitative estimate of drug-likeness (QED) is 0.757. The Labute approximate surface area is 138 Å². The van der Waals surface area contributed by atoms with E-state index in [4.69, 9.17) is 10.00 Å². The van der Waals surface area contributed by atoms with Crippen LogP contribution < -0.4 is 0 Å². The maximum Gasteiger partial charge on any atom is 0.272 e. The van der Waals surface area contributed by atoms with Crippen LogP contribution in [-0.2, 0) is 4.74 Å². The number of hydrogen-bond donors (Lipinski definition) is 0. The number of aromatic nitrogens is 1. The fraction of sp³-hybridized carbons (Fsp3) is 0.611. The predicted octanol–water partition coefficient (Wildman–Crippen LogP) is 3.01. The number of carbonyl (C=O) groups excluding carboxylic acids is 1. The van der Waals surface area contributed by atoms with Gasteiger partial charge >= 0.3 is 0 Å². The lowest BCUT2D eigenvalue weighted by atomic mass is 9.63. The van der Waals surface area contributed by atoms with Crippen LogP contribution in [0.5, 0.6) is 0 Å². The molecule has 0 bridgehead atoms. The minimum Gasteiger partial charge on any atom is -0.378 e. The molecule has 0 radical (unpaired) electrons. The van der Waals surface area contributed by atoms with E-state index in [0.717, 1.165) is 25.9 Å². The molecule has 1 fully saturated rings. The molecular formula is C18H25N3O2. The molecule has 2 rings (SSSR count). The SMILES string of the molecule is CCCCO[C@H]1C[C@@H](N(C)C(=O)c2cc(C#N)ccn2)C1(C)C. The molecule has 1 aromatic heterocycles. The average Bonchev–Trinajstić information content (AvgIpc) is 2.56. The van der Waals surface area contributed by atoms with Crippen LogP contribution in [0.4, 0.5) is 0 Å². The Kier molecular flexibility index (Phi) is 5.38. The minimum absolute atomic E-state index is 0.0784. The molecule has 0 saturated heterocycles. The Balaban J connectivity index is 2.02. The zero-order valence-corrected chi connectivity index (χ0v) is 14.4. The molecule has 0 spiro atoms. The first-order chi connectivity index (χ1) is 10.9. The lowest BCUT2D eigenvalue weighted by molar-refractivity contribution is -0.140. The Bertz CT molecular complexity index is 607. The molecule has 0 unspecified atom stereocenters. The number of pyridine rings is 1. The lowest BCUT2D eigenvalue weighted by Crippen LogP contribution is -2.62. The summed E-state index contributed by atoms with van der Waals surface area (Å²) < 4.78 is 5.94. The maximum atomic E-state index is 12.6. The number of ether oxygens (including phenoxy) is 1. The van der Waals surface area contributed by atoms with E-state index in [-0.39, 0.29) is 23.5 Å². The van der Waals surface area contributed by atoms with Gasteiger partial charge in [-0.3, -0.25) is 9.78 Å². The van der Waals surface area contributed by atoms with E-state index >= 15 is 0 Å². The summed E-state index contributed by atoms with van der Waals surface area (Å²) in [6, 6.07) is 5.30. The standard InChI is InChI=1S/C18H25N3O2/c1-5-6-9-23-16-11-15(18(16,2)3)21(4)17(22)14-10-13(12-19)7-8-20-14/h7-8,10,15-16H,5-6,9,11H2,1-4H3/t15-,16+/m1/s1. The van der Waals surface area contributed by atoms with Crippen LogP contribution in [0.1, 0.15) is 56.1 Å². The number of unbranched alkanes of at least 4 members (excludes halogenated alkanes) is 1. The highest BCUT2D eigenvalue weighted by molar-refractivity contribution is 5.92. The van der Waals surface area contributed by atoms with E-state index in [9.17, 15) is 4.79 Å². The van der Waals surface area contributed by atoms with Gasteiger partial charge in [-0.05, 0) is 25.0 Å². The summed E-state index contributed by atoms with van der Waals surface area (Å²) in [5.41, 5.74) is 0.688. The summed E-state index contributed by atoms with van der Waals surface area (Å²) in [4.78, 5) is 18.5. The third-order valence-corrected chi connectivity index (χ3v) is 4.84. The summed E-state index contributed by atoms with van der Waals surface area (Å²) in [5, 5.41) is 8.95. The van der Waals surface area contributed by atoms with Gasteiger partial charge in [0, 0.05) is 31.3 Å². The van der Waals surface area contributed by atoms with Crippen molar-refractivity contribution in [2.45, 2.75) is 52.2 Å². The van der Waals surface area contributed by atoms with Crippen LogP contribution in [0.15, 0.2) is 18.3 Å². The van der Waals surface area contributed by atoms with Gasteiger partial charge in [-0.1, -0.05) is 27.2 Å². The fourth-order valence-electron chi connectivity index (χ4n) is 3.11. The van der Waals surface area contributed by atoms with Gasteiger partial charge in [0.25, 0.3) is 5.91 Å². The third kappa shape index (κ3) is 3.53. The van der Waals surface area contributed by atoms with Crippen molar-refractivity contribution in [1.82, 2.24) is 9.88 Å². The fourth-order valence-corrected chi connectivity index (χ4v) is 3.11. The van der Waals surface area contributed by atoms with Crippen LogP contribution >= 0.6 is 0 Å². The van der Waals surface area contributed by atoms with Crippen LogP contribution in [0.3, 0.4) is 0 Å². The summed E-state index contributed by atoms with van der Waals surface area (Å²) >= 11 is 0. The zero-order chi connectivity index (χ0) is 17.0. The Morgan fingerprint density at radius 2 is 2.30 bits per heavy atom. The van der Waals surface area contributed by atoms with E-state index in [2.05, 4.69) is 25.8 Å². The molecule has 1 saturated carbocycles. The van der Waals surface area contributed by atoms with Gasteiger partial charge in [-0.2, -0.15) is 5.26 Å². The van der Waals surface area contributed by atoms with Crippen LogP contribution in [0.25, 0.3) is 0 Å². The molecule has 1 aliphatic carbocycles. The van der Waals surface area contributed by atoms with Gasteiger partial charge in [0.15, 0.2) is 0 Å². The minimum atomic E-state index is -0.146. The van der Waals surface area contributed by atoms with E-state index in [1.807, 2.05) is 6.07 Å². The Morgan fingerprint density at radius 3 is 2.91 bits per heavy atom. The number of nitrogens with zero attached hydrogens (tertiary/aromatic N) is 3. The van der Waals surface area contributed by atoms with Gasteiger partial charge in [-0.25, -0.2) is 0 Å². The Morgan fingerprint density at radius 1 is 1.57 bits per heavy atom. The Hall–Kier alpha value is -1.93. The first kappa shape index (κ1) is 17.4. The first-order valence-corrected chi connectivity index (χ1v) is 8.16. The van der Waals surface area contributed by atoms with E-state index in [1.54, 1.807) is 24.1 Å². The van der Waals surface area contributed by atoms with Gasteiger partial charge in [0.05, 0.1) is 17.7 Å². The third-order valence-electron chi connectivity index (χ3n) is 4.84. The molecule has 1 heterocycles. The maximum absolute atomic E-state index is 12.6. The van der Waals surface area contributed by atoms with Crippen molar-refractivity contribution in [2.24, 2.45) is 5.41 Å². The monoisotopic (exact) mass is 315 g/mol. The highest BCUT2D eigenvalue weighted by Crippen LogP contribution is 2.45. The lowest BCUT2D eigenvalue weighted by Gasteiger charge is -2.54. The predicted molar refractivity (Wildman–Crippen MR) is 87.9 cm³/mol. The summed E-state index contributed by atoms with van der Waals surface area (Å²) in [7, 11) is 1.80. The van der Waals surface area contributed by atoms with Crippen molar-refractivity contribution in [3.63, 3.8) is 0 Å². The largest absolute Gasteiger partial charge is 0.378 e. The molecule has 0 aromatic carbocycles. The van der Waals surface area contributed by atoms with Crippen molar-refractivity contribution >= 4 is 5.91 Å². The molecule has 0 N–H and O–H groups in total. The second-order valence-corrected chi connectivity index (χ2v) is 6.74. The van der Waals surface area contributed by atoms with Crippen LogP contribution in [-0.4, -0.2) is 41.6 Å². The van der Waals surface area contributed by atoms with Crippen molar-refractivity contribution < 1.29 is 9.53 Å². The highest BCUT2D eigenvalue weighted by atomic mass is 16.5. The van der Waals surface area contributed by atoms with Crippen molar-refractivity contribution in [3.05, 3.63) is 29.6 Å². The summed E-state index contributed by atoms with van der Waals surface area (Å²) in [6.07, 6.45) is 4.72. The van der Waals surface area contributed by atoms with Gasteiger partial charge in [0.2, 0.25) is 0 Å². The number of carbonyl (C=O) groups is 1. The average molecular weight is 315 g/mol. The van der Waals surface area contributed by atoms with Crippen molar-refractivity contribution in [3.8, 4) is 6.07 Å². The normalized spacial score (nSPS) is 22.0. The molecule has 124 valence electrons. The first-order valence-electron chi connectivity index (χ1n) is 8.16. The van der Waals surface area contributed by atoms with Gasteiger partial charge in [0.1, 0.15) is 5.69 Å². The second-order valence-electron chi connectivity index (χ2n) is 6.74. The zero-order valence-electron chi connectivity index (χ0n) is 14.4. The summed E-state index contributed by atoms with van der Waals surface area (Å²) in [6.45, 7) is 7.20. The molecule has 0 aliphatic heterocycles. The number of amides is 1. The summed E-state index contributed by atoms with van der Waals surface area (Å²) in [5.74, 6) is -0.146. The molecule has 23 heavy (non-hydrogen) atoms. The van der Waals surface area contributed by atoms with Gasteiger partial charge < -0.3 is 9.64 Å². The molecule has 5 heteroatoms. The van der Waals surface area contributed by atoms with Crippen molar-refractivity contribution in [2.75, 3.05) is 13.7 Å². The second kappa shape index (κ2) is 7.10. The number of hydrogen-bond acceptors (Lipinski definition) is 4. The molecule has 1 amide bonds. The number of rotatable bonds is 6. The van der Waals surface area contributed by atoms with E-state index in [1.165, 1.54) is 6.20 Å². The molecular weight excluding hydrogens is 290 g/mol. The molecule has 2 atom stereocenters.